The molecule has 4 nitrogen and oxygen atoms in total. The molecule has 3 rings (SSSR count). The van der Waals surface area contributed by atoms with Gasteiger partial charge in [0, 0.05) is 16.9 Å². The summed E-state index contributed by atoms with van der Waals surface area (Å²) in [6.07, 6.45) is 1.12. The van der Waals surface area contributed by atoms with E-state index in [0.29, 0.717) is 19.4 Å². The number of aryl methyl sites for hydroxylation is 1. The fourth-order valence-corrected chi connectivity index (χ4v) is 3.66. The maximum absolute atomic E-state index is 13.0. The average Bonchev–Trinajstić information content (AvgIpc) is 2.94. The van der Waals surface area contributed by atoms with Crippen molar-refractivity contribution in [3.8, 4) is 0 Å². The molecule has 1 heterocycles. The second-order valence-corrected chi connectivity index (χ2v) is 7.67. The molecule has 1 fully saturated rings. The van der Waals surface area contributed by atoms with E-state index in [1.54, 1.807) is 4.90 Å². The summed E-state index contributed by atoms with van der Waals surface area (Å²) in [5, 5.41) is 0. The van der Waals surface area contributed by atoms with E-state index in [-0.39, 0.29) is 17.8 Å². The molecular weight excluding hydrogens is 394 g/mol. The van der Waals surface area contributed by atoms with Gasteiger partial charge in [-0.3, -0.25) is 4.79 Å². The Morgan fingerprint density at radius 2 is 1.73 bits per heavy atom. The van der Waals surface area contributed by atoms with E-state index >= 15 is 0 Å². The van der Waals surface area contributed by atoms with Crippen molar-refractivity contribution >= 4 is 27.8 Å². The summed E-state index contributed by atoms with van der Waals surface area (Å²) in [7, 11) is 1.37. The van der Waals surface area contributed by atoms with E-state index in [9.17, 15) is 9.59 Å². The molecule has 0 radical (unpaired) electrons. The van der Waals surface area contributed by atoms with Crippen molar-refractivity contribution in [1.29, 1.82) is 0 Å². The van der Waals surface area contributed by atoms with Crippen LogP contribution in [0, 0.1) is 12.8 Å². The summed E-state index contributed by atoms with van der Waals surface area (Å²) >= 11 is 3.42. The van der Waals surface area contributed by atoms with Crippen LogP contribution in [0.2, 0.25) is 0 Å². The van der Waals surface area contributed by atoms with Crippen molar-refractivity contribution in [2.24, 2.45) is 5.92 Å². The molecule has 1 amide bonds. The minimum atomic E-state index is -0.519. The van der Waals surface area contributed by atoms with Crippen molar-refractivity contribution < 1.29 is 14.3 Å². The van der Waals surface area contributed by atoms with Gasteiger partial charge in [-0.25, -0.2) is 4.79 Å². The number of esters is 1. The molecule has 26 heavy (non-hydrogen) atoms. The molecule has 1 saturated heterocycles. The number of nitrogens with zero attached hydrogens (tertiary/aromatic N) is 1. The summed E-state index contributed by atoms with van der Waals surface area (Å²) in [5.41, 5.74) is 3.27. The van der Waals surface area contributed by atoms with Gasteiger partial charge < -0.3 is 9.64 Å². The van der Waals surface area contributed by atoms with E-state index < -0.39 is 6.04 Å². The van der Waals surface area contributed by atoms with Crippen LogP contribution in [-0.2, 0) is 27.3 Å². The lowest BCUT2D eigenvalue weighted by Gasteiger charge is -2.23. The van der Waals surface area contributed by atoms with Crippen molar-refractivity contribution in [3.63, 3.8) is 0 Å². The Kier molecular flexibility index (Phi) is 5.77. The Morgan fingerprint density at radius 3 is 2.35 bits per heavy atom. The van der Waals surface area contributed by atoms with Gasteiger partial charge >= 0.3 is 5.97 Å². The van der Waals surface area contributed by atoms with Gasteiger partial charge in [0.25, 0.3) is 0 Å². The second kappa shape index (κ2) is 8.04. The van der Waals surface area contributed by atoms with E-state index in [2.05, 4.69) is 15.9 Å². The first-order chi connectivity index (χ1) is 12.5. The first-order valence-corrected chi connectivity index (χ1v) is 9.45. The Bertz CT molecular complexity index is 786. The van der Waals surface area contributed by atoms with Crippen LogP contribution in [0.25, 0.3) is 0 Å². The summed E-state index contributed by atoms with van der Waals surface area (Å²) in [6, 6.07) is 15.5. The molecule has 5 heteroatoms. The highest BCUT2D eigenvalue weighted by atomic mass is 79.9. The number of likely N-dealkylation sites (tertiary alicyclic amines) is 1. The molecule has 0 aromatic heterocycles. The van der Waals surface area contributed by atoms with Gasteiger partial charge in [-0.1, -0.05) is 57.9 Å². The van der Waals surface area contributed by atoms with Crippen LogP contribution in [0.5, 0.6) is 0 Å². The first-order valence-electron chi connectivity index (χ1n) is 8.66. The van der Waals surface area contributed by atoms with Gasteiger partial charge in [0.05, 0.1) is 7.11 Å². The van der Waals surface area contributed by atoms with Crippen molar-refractivity contribution in [2.75, 3.05) is 7.11 Å². The number of rotatable bonds is 5. The maximum atomic E-state index is 13.0. The Morgan fingerprint density at radius 1 is 1.12 bits per heavy atom. The predicted molar refractivity (Wildman–Crippen MR) is 103 cm³/mol. The molecule has 0 aliphatic carbocycles. The highest BCUT2D eigenvalue weighted by Crippen LogP contribution is 2.30. The van der Waals surface area contributed by atoms with Crippen LogP contribution < -0.4 is 0 Å². The quantitative estimate of drug-likeness (QED) is 0.695. The summed E-state index contributed by atoms with van der Waals surface area (Å²) < 4.78 is 5.95. The van der Waals surface area contributed by atoms with Gasteiger partial charge in [-0.05, 0) is 43.0 Å². The van der Waals surface area contributed by atoms with E-state index in [1.807, 2.05) is 55.5 Å². The SMILES string of the molecule is COC(=O)[C@@H]1C[C@@H](Cc2ccc(Br)cc2)C(=O)N1Cc1ccc(C)cc1. The first kappa shape index (κ1) is 18.6. The van der Waals surface area contributed by atoms with Crippen LogP contribution in [0.15, 0.2) is 53.0 Å². The number of benzene rings is 2. The molecule has 0 spiro atoms. The zero-order valence-electron chi connectivity index (χ0n) is 14.9. The summed E-state index contributed by atoms with van der Waals surface area (Å²) in [5.74, 6) is -0.529. The van der Waals surface area contributed by atoms with Crippen molar-refractivity contribution in [1.82, 2.24) is 4.90 Å². The standard InChI is InChI=1S/C21H22BrNO3/c1-14-3-5-16(6-4-14)13-23-19(21(25)26-2)12-17(20(23)24)11-15-7-9-18(22)10-8-15/h3-10,17,19H,11-13H2,1-2H3/t17-,19+/m1/s1. The highest BCUT2D eigenvalue weighted by molar-refractivity contribution is 9.10. The lowest BCUT2D eigenvalue weighted by atomic mass is 9.96. The third-order valence-corrected chi connectivity index (χ3v) is 5.39. The number of halogens is 1. The van der Waals surface area contributed by atoms with Crippen molar-refractivity contribution in [3.05, 3.63) is 69.7 Å². The van der Waals surface area contributed by atoms with E-state index in [4.69, 9.17) is 4.74 Å². The normalized spacial score (nSPS) is 19.7. The van der Waals surface area contributed by atoms with Gasteiger partial charge in [-0.2, -0.15) is 0 Å². The smallest absolute Gasteiger partial charge is 0.328 e. The topological polar surface area (TPSA) is 46.6 Å². The number of carbonyl (C=O) groups is 2. The number of methoxy groups -OCH3 is 1. The van der Waals surface area contributed by atoms with E-state index in [1.165, 1.54) is 12.7 Å². The minimum absolute atomic E-state index is 0.0175. The number of amides is 1. The van der Waals surface area contributed by atoms with Crippen LogP contribution in [0.4, 0.5) is 0 Å². The zero-order valence-corrected chi connectivity index (χ0v) is 16.5. The zero-order chi connectivity index (χ0) is 18.7. The fraction of sp³-hybridized carbons (Fsp3) is 0.333. The largest absolute Gasteiger partial charge is 0.467 e. The highest BCUT2D eigenvalue weighted by Gasteiger charge is 2.43. The molecule has 2 aromatic carbocycles. The molecule has 136 valence electrons. The summed E-state index contributed by atoms with van der Waals surface area (Å²) in [4.78, 5) is 26.9. The maximum Gasteiger partial charge on any atom is 0.328 e. The summed E-state index contributed by atoms with van der Waals surface area (Å²) in [6.45, 7) is 2.45. The van der Waals surface area contributed by atoms with Crippen LogP contribution in [0.3, 0.4) is 0 Å². The van der Waals surface area contributed by atoms with E-state index in [0.717, 1.165) is 15.6 Å². The molecule has 0 bridgehead atoms. The van der Waals surface area contributed by atoms with Crippen LogP contribution >= 0.6 is 15.9 Å². The number of ether oxygens (including phenoxy) is 1. The third kappa shape index (κ3) is 4.15. The second-order valence-electron chi connectivity index (χ2n) is 6.75. The molecule has 0 N–H and O–H groups in total. The van der Waals surface area contributed by atoms with Gasteiger partial charge in [0.15, 0.2) is 0 Å². The third-order valence-electron chi connectivity index (χ3n) is 4.86. The van der Waals surface area contributed by atoms with Crippen molar-refractivity contribution in [2.45, 2.75) is 32.4 Å². The monoisotopic (exact) mass is 415 g/mol. The molecule has 0 saturated carbocycles. The molecule has 0 unspecified atom stereocenters. The Hall–Kier alpha value is -2.14. The number of hydrogen-bond acceptors (Lipinski definition) is 3. The lowest BCUT2D eigenvalue weighted by molar-refractivity contribution is -0.149. The molecule has 1 aliphatic heterocycles. The number of hydrogen-bond donors (Lipinski definition) is 0. The van der Waals surface area contributed by atoms with Crippen LogP contribution in [-0.4, -0.2) is 29.9 Å². The molecule has 2 aromatic rings. The number of carbonyl (C=O) groups excluding carboxylic acids is 2. The van der Waals surface area contributed by atoms with Gasteiger partial charge in [-0.15, -0.1) is 0 Å². The average molecular weight is 416 g/mol. The molecule has 2 atom stereocenters. The van der Waals surface area contributed by atoms with Gasteiger partial charge in [0.2, 0.25) is 5.91 Å². The van der Waals surface area contributed by atoms with Gasteiger partial charge in [0.1, 0.15) is 6.04 Å². The lowest BCUT2D eigenvalue weighted by Crippen LogP contribution is -2.39. The van der Waals surface area contributed by atoms with Crippen LogP contribution in [0.1, 0.15) is 23.1 Å². The molecule has 1 aliphatic rings. The minimum Gasteiger partial charge on any atom is -0.467 e. The predicted octanol–water partition coefficient (Wildman–Crippen LogP) is 3.89. The molecular formula is C21H22BrNO3. The Balaban J connectivity index is 1.79. The Labute approximate surface area is 162 Å². The fourth-order valence-electron chi connectivity index (χ4n) is 3.40.